The van der Waals surface area contributed by atoms with Gasteiger partial charge < -0.3 is 23.8 Å². The monoisotopic (exact) mass is 655 g/mol. The fourth-order valence-electron chi connectivity index (χ4n) is 4.33. The largest absolute Gasteiger partial charge is 0.489 e. The first kappa shape index (κ1) is 36.4. The molecule has 0 atom stereocenters. The molecule has 0 heterocycles. The van der Waals surface area contributed by atoms with Gasteiger partial charge in [0.25, 0.3) is 0 Å². The zero-order valence-electron chi connectivity index (χ0n) is 26.9. The highest BCUT2D eigenvalue weighted by molar-refractivity contribution is 6.16. The Labute approximate surface area is 271 Å². The first-order valence-electron chi connectivity index (χ1n) is 14.4. The van der Waals surface area contributed by atoms with Crippen LogP contribution in [0.5, 0.6) is 11.5 Å². The van der Waals surface area contributed by atoms with E-state index in [1.54, 1.807) is 70.1 Å². The van der Waals surface area contributed by atoms with Gasteiger partial charge in [-0.05, 0) is 56.2 Å². The molecule has 0 saturated carbocycles. The molecule has 0 spiro atoms. The molecular weight excluding hydrogens is 618 g/mol. The van der Waals surface area contributed by atoms with Gasteiger partial charge in [0.15, 0.2) is 0 Å². The van der Waals surface area contributed by atoms with Crippen LogP contribution in [-0.4, -0.2) is 49.7 Å². The van der Waals surface area contributed by atoms with Gasteiger partial charge in [-0.3, -0.25) is 0 Å². The molecule has 0 radical (unpaired) electrons. The van der Waals surface area contributed by atoms with Crippen molar-refractivity contribution in [1.82, 2.24) is 4.90 Å². The minimum absolute atomic E-state index is 0.0246. The van der Waals surface area contributed by atoms with E-state index in [4.69, 9.17) is 18.9 Å². The van der Waals surface area contributed by atoms with E-state index in [0.717, 1.165) is 12.1 Å². The van der Waals surface area contributed by atoms with Crippen molar-refractivity contribution in [2.24, 2.45) is 0 Å². The summed E-state index contributed by atoms with van der Waals surface area (Å²) in [5.74, 6) is -2.69. The smallest absolute Gasteiger partial charge is 0.419 e. The molecule has 0 aliphatic heterocycles. The number of hydrogen-bond donors (Lipinski definition) is 0. The molecule has 3 rings (SSSR count). The molecule has 0 unspecified atom stereocenters. The van der Waals surface area contributed by atoms with E-state index >= 15 is 4.39 Å². The summed E-state index contributed by atoms with van der Waals surface area (Å²) in [7, 11) is 3.39. The summed E-state index contributed by atoms with van der Waals surface area (Å²) in [6, 6.07) is 12.9. The maximum absolute atomic E-state index is 15.3. The van der Waals surface area contributed by atoms with Gasteiger partial charge in [0.2, 0.25) is 0 Å². The fourth-order valence-corrected chi connectivity index (χ4v) is 4.33. The second-order valence-electron chi connectivity index (χ2n) is 11.5. The number of carbonyl (C=O) groups excluding carboxylic acids is 2. The van der Waals surface area contributed by atoms with E-state index in [-0.39, 0.29) is 36.5 Å². The van der Waals surface area contributed by atoms with Gasteiger partial charge >= 0.3 is 18.1 Å². The number of esters is 2. The predicted octanol–water partition coefficient (Wildman–Crippen LogP) is 8.24. The zero-order chi connectivity index (χ0) is 34.9. The maximum Gasteiger partial charge on any atom is 0.419 e. The third kappa shape index (κ3) is 9.96. The van der Waals surface area contributed by atoms with Gasteiger partial charge in [0, 0.05) is 31.4 Å². The predicted molar refractivity (Wildman–Crippen MR) is 171 cm³/mol. The summed E-state index contributed by atoms with van der Waals surface area (Å²) in [5, 5.41) is 0. The fraction of sp³-hybridized carbons (Fsp3) is 0.278. The lowest BCUT2D eigenvalue weighted by atomic mass is 9.99. The van der Waals surface area contributed by atoms with Crippen LogP contribution >= 0.6 is 0 Å². The number of ether oxygens (including phenoxy) is 4. The topological polar surface area (TPSA) is 74.3 Å². The number of nitrogens with zero attached hydrogens (tertiary/aromatic N) is 1. The minimum atomic E-state index is -4.81. The van der Waals surface area contributed by atoms with Crippen molar-refractivity contribution in [1.29, 1.82) is 0 Å². The molecule has 0 saturated heterocycles. The molecule has 11 heteroatoms. The Bertz CT molecular complexity index is 1640. The summed E-state index contributed by atoms with van der Waals surface area (Å²) in [6.07, 6.45) is -0.660. The van der Waals surface area contributed by atoms with Gasteiger partial charge in [-0.2, -0.15) is 13.2 Å². The summed E-state index contributed by atoms with van der Waals surface area (Å²) >= 11 is 0. The average molecular weight is 656 g/mol. The van der Waals surface area contributed by atoms with Crippen LogP contribution in [0.15, 0.2) is 86.1 Å². The molecule has 47 heavy (non-hydrogen) atoms. The molecule has 250 valence electrons. The van der Waals surface area contributed by atoms with E-state index in [9.17, 15) is 22.8 Å². The number of carbonyl (C=O) groups is 2. The third-order valence-corrected chi connectivity index (χ3v) is 6.28. The van der Waals surface area contributed by atoms with Gasteiger partial charge in [0.1, 0.15) is 48.3 Å². The second kappa shape index (κ2) is 15.5. The van der Waals surface area contributed by atoms with Crippen LogP contribution in [0.3, 0.4) is 0 Å². The van der Waals surface area contributed by atoms with Crippen LogP contribution in [0.4, 0.5) is 17.6 Å². The van der Waals surface area contributed by atoms with E-state index in [0.29, 0.717) is 16.9 Å². The molecule has 3 aromatic rings. The molecule has 0 bridgehead atoms. The van der Waals surface area contributed by atoms with E-state index < -0.39 is 46.4 Å². The van der Waals surface area contributed by atoms with E-state index in [2.05, 4.69) is 13.2 Å². The van der Waals surface area contributed by atoms with E-state index in [1.165, 1.54) is 30.5 Å². The van der Waals surface area contributed by atoms with Crippen molar-refractivity contribution in [3.63, 3.8) is 0 Å². The number of rotatable bonds is 13. The third-order valence-electron chi connectivity index (χ3n) is 6.28. The normalized spacial score (nSPS) is 11.8. The van der Waals surface area contributed by atoms with Crippen LogP contribution in [0.1, 0.15) is 47.8 Å². The Morgan fingerprint density at radius 1 is 0.872 bits per heavy atom. The number of alkyl halides is 3. The number of halogens is 4. The standard InChI is InChI=1S/C36H37F4NO6/c1-8-18-44-32-29(36(38,39)40)17-13-25(31(32)34(43)47-35(3,4)5)22-46-26-14-10-23(11-15-26)24-12-16-27(30(37)20-24)28(21-41(6)7)33(42)45-19-9-2/h8-17,20-21H,1-2,18-19,22H2,3-7H3. The van der Waals surface area contributed by atoms with Gasteiger partial charge in [0.05, 0.1) is 11.1 Å². The summed E-state index contributed by atoms with van der Waals surface area (Å²) < 4.78 is 78.7. The average Bonchev–Trinajstić information content (AvgIpc) is 2.99. The molecule has 3 aromatic carbocycles. The maximum atomic E-state index is 15.3. The lowest BCUT2D eigenvalue weighted by molar-refractivity contribution is -0.139. The Morgan fingerprint density at radius 2 is 1.51 bits per heavy atom. The summed E-state index contributed by atoms with van der Waals surface area (Å²) in [5.41, 5.74) is -1.18. The minimum Gasteiger partial charge on any atom is -0.489 e. The van der Waals surface area contributed by atoms with Crippen molar-refractivity contribution >= 4 is 17.5 Å². The van der Waals surface area contributed by atoms with Gasteiger partial charge in [-0.1, -0.05) is 55.6 Å². The highest BCUT2D eigenvalue weighted by Gasteiger charge is 2.38. The Morgan fingerprint density at radius 3 is 2.06 bits per heavy atom. The van der Waals surface area contributed by atoms with Crippen LogP contribution in [0.2, 0.25) is 0 Å². The zero-order valence-corrected chi connectivity index (χ0v) is 26.9. The van der Waals surface area contributed by atoms with Crippen molar-refractivity contribution in [3.8, 4) is 22.6 Å². The molecule has 0 fully saturated rings. The molecule has 0 N–H and O–H groups in total. The highest BCUT2D eigenvalue weighted by atomic mass is 19.4. The first-order chi connectivity index (χ1) is 22.1. The Hall–Kier alpha value is -5.06. The molecule has 0 aliphatic carbocycles. The van der Waals surface area contributed by atoms with Crippen molar-refractivity contribution in [2.45, 2.75) is 39.2 Å². The number of benzene rings is 3. The SMILES string of the molecule is C=CCOC(=O)C(=CN(C)C)c1ccc(-c2ccc(OCc3ccc(C(F)(F)F)c(OCC=C)c3C(=O)OC(C)(C)C)cc2)cc1F. The second-order valence-corrected chi connectivity index (χ2v) is 11.5. The molecule has 0 aliphatic rings. The van der Waals surface area contributed by atoms with Crippen LogP contribution in [-0.2, 0) is 27.1 Å². The summed E-state index contributed by atoms with van der Waals surface area (Å²) in [6.45, 7) is 11.2. The Balaban J connectivity index is 1.90. The lowest BCUT2D eigenvalue weighted by Crippen LogP contribution is -2.26. The molecule has 0 aromatic heterocycles. The Kier molecular flexibility index (Phi) is 12.0. The van der Waals surface area contributed by atoms with Gasteiger partial charge in [-0.15, -0.1) is 0 Å². The molecule has 0 amide bonds. The first-order valence-corrected chi connectivity index (χ1v) is 14.4. The van der Waals surface area contributed by atoms with Crippen molar-refractivity contribution < 1.29 is 46.1 Å². The quantitative estimate of drug-likeness (QED) is 0.0795. The van der Waals surface area contributed by atoms with Crippen LogP contribution in [0, 0.1) is 5.82 Å². The van der Waals surface area contributed by atoms with Crippen molar-refractivity contribution in [2.75, 3.05) is 27.3 Å². The van der Waals surface area contributed by atoms with Gasteiger partial charge in [-0.25, -0.2) is 14.0 Å². The summed E-state index contributed by atoms with van der Waals surface area (Å²) in [4.78, 5) is 27.3. The lowest BCUT2D eigenvalue weighted by Gasteiger charge is -2.24. The van der Waals surface area contributed by atoms with Crippen LogP contribution in [0.25, 0.3) is 16.7 Å². The number of hydrogen-bond acceptors (Lipinski definition) is 7. The highest BCUT2D eigenvalue weighted by Crippen LogP contribution is 2.41. The van der Waals surface area contributed by atoms with E-state index in [1.807, 2.05) is 0 Å². The van der Waals surface area contributed by atoms with Crippen molar-refractivity contribution in [3.05, 3.63) is 114 Å². The van der Waals surface area contributed by atoms with Crippen LogP contribution < -0.4 is 9.47 Å². The molecule has 7 nitrogen and oxygen atoms in total. The molecular formula is C36H37F4NO6.